The van der Waals surface area contributed by atoms with Crippen LogP contribution in [0.5, 0.6) is 0 Å². The molecule has 1 aliphatic carbocycles. The number of hydrogen-bond acceptors (Lipinski definition) is 4. The largest absolute Gasteiger partial charge is 0.306 e. The van der Waals surface area contributed by atoms with Gasteiger partial charge in [0.05, 0.1) is 6.54 Å². The number of rotatable bonds is 3. The summed E-state index contributed by atoms with van der Waals surface area (Å²) in [6.45, 7) is 7.36. The van der Waals surface area contributed by atoms with Gasteiger partial charge in [0.25, 0.3) is 0 Å². The highest BCUT2D eigenvalue weighted by Gasteiger charge is 2.21. The Hall–Kier alpha value is -0.480. The summed E-state index contributed by atoms with van der Waals surface area (Å²) in [7, 11) is 0. The quantitative estimate of drug-likeness (QED) is 0.881. The molecule has 0 unspecified atom stereocenters. The average molecular weight is 239 g/mol. The fraction of sp³-hybridized carbons (Fsp3) is 0.833. The van der Waals surface area contributed by atoms with Crippen LogP contribution in [0, 0.1) is 0 Å². The maximum atomic E-state index is 4.33. The molecule has 1 aromatic rings. The lowest BCUT2D eigenvalue weighted by atomic mass is 10.1. The SMILES string of the molecule is CC(C)(C)NCc1nnc(C2CCCC2)s1. The molecule has 4 heteroatoms. The minimum Gasteiger partial charge on any atom is -0.306 e. The molecule has 1 aromatic heterocycles. The fourth-order valence-corrected chi connectivity index (χ4v) is 2.97. The Morgan fingerprint density at radius 1 is 1.25 bits per heavy atom. The van der Waals surface area contributed by atoms with Gasteiger partial charge in [-0.05, 0) is 33.6 Å². The first-order chi connectivity index (χ1) is 7.54. The van der Waals surface area contributed by atoms with Crippen LogP contribution in [0.2, 0.25) is 0 Å². The van der Waals surface area contributed by atoms with E-state index in [0.29, 0.717) is 5.92 Å². The summed E-state index contributed by atoms with van der Waals surface area (Å²) in [5.74, 6) is 0.695. The lowest BCUT2D eigenvalue weighted by Crippen LogP contribution is -2.35. The van der Waals surface area contributed by atoms with Crippen LogP contribution in [-0.4, -0.2) is 15.7 Å². The first-order valence-corrected chi connectivity index (χ1v) is 6.93. The molecule has 1 fully saturated rings. The number of nitrogens with one attached hydrogen (secondary N) is 1. The van der Waals surface area contributed by atoms with E-state index in [9.17, 15) is 0 Å². The maximum Gasteiger partial charge on any atom is 0.131 e. The summed E-state index contributed by atoms with van der Waals surface area (Å²) >= 11 is 1.79. The molecule has 0 radical (unpaired) electrons. The van der Waals surface area contributed by atoms with Crippen LogP contribution in [0.3, 0.4) is 0 Å². The molecule has 0 spiro atoms. The lowest BCUT2D eigenvalue weighted by Gasteiger charge is -2.19. The third kappa shape index (κ3) is 3.25. The molecular weight excluding hydrogens is 218 g/mol. The van der Waals surface area contributed by atoms with E-state index in [2.05, 4.69) is 36.3 Å². The van der Waals surface area contributed by atoms with E-state index in [1.165, 1.54) is 30.7 Å². The highest BCUT2D eigenvalue weighted by Crippen LogP contribution is 2.35. The monoisotopic (exact) mass is 239 g/mol. The van der Waals surface area contributed by atoms with Crippen molar-refractivity contribution in [1.29, 1.82) is 0 Å². The first kappa shape index (κ1) is 12.0. The topological polar surface area (TPSA) is 37.8 Å². The zero-order chi connectivity index (χ0) is 11.6. The van der Waals surface area contributed by atoms with E-state index >= 15 is 0 Å². The Bertz CT molecular complexity index is 334. The molecule has 1 heterocycles. The summed E-state index contributed by atoms with van der Waals surface area (Å²) in [6, 6.07) is 0. The van der Waals surface area contributed by atoms with E-state index in [1.54, 1.807) is 11.3 Å². The molecule has 3 nitrogen and oxygen atoms in total. The van der Waals surface area contributed by atoms with Crippen LogP contribution in [0.25, 0.3) is 0 Å². The molecule has 16 heavy (non-hydrogen) atoms. The molecule has 90 valence electrons. The minimum absolute atomic E-state index is 0.152. The second-order valence-electron chi connectivity index (χ2n) is 5.62. The van der Waals surface area contributed by atoms with E-state index < -0.39 is 0 Å². The molecule has 2 rings (SSSR count). The van der Waals surface area contributed by atoms with Crippen molar-refractivity contribution in [2.24, 2.45) is 0 Å². The van der Waals surface area contributed by atoms with E-state index in [1.807, 2.05) is 0 Å². The van der Waals surface area contributed by atoms with Crippen LogP contribution in [0.15, 0.2) is 0 Å². The van der Waals surface area contributed by atoms with Gasteiger partial charge in [-0.1, -0.05) is 24.2 Å². The molecule has 0 aromatic carbocycles. The molecule has 1 saturated carbocycles. The van der Waals surface area contributed by atoms with Gasteiger partial charge in [-0.15, -0.1) is 10.2 Å². The van der Waals surface area contributed by atoms with Crippen molar-refractivity contribution in [3.8, 4) is 0 Å². The Labute approximate surface area is 102 Å². The standard InChI is InChI=1S/C12H21N3S/c1-12(2,3)13-8-10-14-15-11(16-10)9-6-4-5-7-9/h9,13H,4-8H2,1-3H3. The van der Waals surface area contributed by atoms with Gasteiger partial charge in [0, 0.05) is 11.5 Å². The van der Waals surface area contributed by atoms with Crippen molar-refractivity contribution >= 4 is 11.3 Å². The summed E-state index contributed by atoms with van der Waals surface area (Å²) in [5, 5.41) is 14.4. The Balaban J connectivity index is 1.91. The van der Waals surface area contributed by atoms with E-state index in [4.69, 9.17) is 0 Å². The highest BCUT2D eigenvalue weighted by atomic mass is 32.1. The molecular formula is C12H21N3S. The van der Waals surface area contributed by atoms with Crippen LogP contribution >= 0.6 is 11.3 Å². The summed E-state index contributed by atoms with van der Waals surface area (Å²) in [4.78, 5) is 0. The highest BCUT2D eigenvalue weighted by molar-refractivity contribution is 7.11. The molecule has 0 atom stereocenters. The Morgan fingerprint density at radius 2 is 1.94 bits per heavy atom. The number of hydrogen-bond donors (Lipinski definition) is 1. The van der Waals surface area contributed by atoms with Gasteiger partial charge in [0.15, 0.2) is 0 Å². The van der Waals surface area contributed by atoms with Crippen LogP contribution in [-0.2, 0) is 6.54 Å². The first-order valence-electron chi connectivity index (χ1n) is 6.12. The van der Waals surface area contributed by atoms with Crippen molar-refractivity contribution in [2.45, 2.75) is 64.5 Å². The van der Waals surface area contributed by atoms with Crippen LogP contribution in [0.1, 0.15) is 62.4 Å². The van der Waals surface area contributed by atoms with Crippen molar-refractivity contribution in [1.82, 2.24) is 15.5 Å². The molecule has 0 aliphatic heterocycles. The zero-order valence-corrected chi connectivity index (χ0v) is 11.2. The van der Waals surface area contributed by atoms with Crippen LogP contribution < -0.4 is 5.32 Å². The van der Waals surface area contributed by atoms with Gasteiger partial charge < -0.3 is 5.32 Å². The van der Waals surface area contributed by atoms with Crippen molar-refractivity contribution in [3.63, 3.8) is 0 Å². The smallest absolute Gasteiger partial charge is 0.131 e. The van der Waals surface area contributed by atoms with Crippen molar-refractivity contribution in [2.75, 3.05) is 0 Å². The van der Waals surface area contributed by atoms with Gasteiger partial charge in [0.2, 0.25) is 0 Å². The Kier molecular flexibility index (Phi) is 3.60. The van der Waals surface area contributed by atoms with Gasteiger partial charge in [-0.2, -0.15) is 0 Å². The predicted octanol–water partition coefficient (Wildman–Crippen LogP) is 3.08. The number of nitrogens with zero attached hydrogens (tertiary/aromatic N) is 2. The normalized spacial score (nSPS) is 18.2. The van der Waals surface area contributed by atoms with Gasteiger partial charge in [-0.3, -0.25) is 0 Å². The van der Waals surface area contributed by atoms with Gasteiger partial charge in [-0.25, -0.2) is 0 Å². The summed E-state index contributed by atoms with van der Waals surface area (Å²) in [5.41, 5.74) is 0.152. The fourth-order valence-electron chi connectivity index (χ4n) is 2.02. The second-order valence-corrected chi connectivity index (χ2v) is 6.71. The zero-order valence-electron chi connectivity index (χ0n) is 10.4. The average Bonchev–Trinajstić information content (AvgIpc) is 2.84. The van der Waals surface area contributed by atoms with E-state index in [-0.39, 0.29) is 5.54 Å². The molecule has 1 aliphatic rings. The molecule has 0 amide bonds. The predicted molar refractivity (Wildman–Crippen MR) is 67.7 cm³/mol. The van der Waals surface area contributed by atoms with Gasteiger partial charge in [0.1, 0.15) is 10.0 Å². The third-order valence-corrected chi connectivity index (χ3v) is 4.04. The summed E-state index contributed by atoms with van der Waals surface area (Å²) < 4.78 is 0. The Morgan fingerprint density at radius 3 is 2.56 bits per heavy atom. The lowest BCUT2D eigenvalue weighted by molar-refractivity contribution is 0.423. The third-order valence-electron chi connectivity index (χ3n) is 2.96. The second kappa shape index (κ2) is 4.80. The molecule has 0 bridgehead atoms. The van der Waals surface area contributed by atoms with Crippen molar-refractivity contribution in [3.05, 3.63) is 10.0 Å². The number of aromatic nitrogens is 2. The van der Waals surface area contributed by atoms with E-state index in [0.717, 1.165) is 11.6 Å². The van der Waals surface area contributed by atoms with Crippen molar-refractivity contribution < 1.29 is 0 Å². The van der Waals surface area contributed by atoms with Gasteiger partial charge >= 0.3 is 0 Å². The maximum absolute atomic E-state index is 4.33. The summed E-state index contributed by atoms with van der Waals surface area (Å²) in [6.07, 6.45) is 5.34. The van der Waals surface area contributed by atoms with Crippen LogP contribution in [0.4, 0.5) is 0 Å². The molecule has 0 saturated heterocycles. The minimum atomic E-state index is 0.152. The molecule has 1 N–H and O–H groups in total.